The fourth-order valence-corrected chi connectivity index (χ4v) is 4.25. The first-order chi connectivity index (χ1) is 14.4. The maximum atomic E-state index is 12.9. The highest BCUT2D eigenvalue weighted by Crippen LogP contribution is 2.41. The molecule has 0 aliphatic heterocycles. The van der Waals surface area contributed by atoms with Crippen molar-refractivity contribution >= 4 is 39.8 Å². The smallest absolute Gasteiger partial charge is 0.341 e. The normalized spacial score (nSPS) is 10.5. The van der Waals surface area contributed by atoms with Crippen molar-refractivity contribution in [2.45, 2.75) is 20.8 Å². The van der Waals surface area contributed by atoms with Gasteiger partial charge in [-0.2, -0.15) is 0 Å². The monoisotopic (exact) mass is 443 g/mol. The third-order valence-corrected chi connectivity index (χ3v) is 5.60. The number of benzene rings is 2. The van der Waals surface area contributed by atoms with Crippen LogP contribution in [-0.4, -0.2) is 25.1 Å². The molecule has 3 rings (SSSR count). The summed E-state index contributed by atoms with van der Waals surface area (Å²) >= 11 is 7.35. The van der Waals surface area contributed by atoms with Gasteiger partial charge in [-0.15, -0.1) is 11.3 Å². The zero-order valence-corrected chi connectivity index (χ0v) is 18.5. The van der Waals surface area contributed by atoms with Crippen LogP contribution in [0.4, 0.5) is 5.00 Å². The number of anilines is 1. The Morgan fingerprint density at radius 3 is 2.47 bits per heavy atom. The lowest BCUT2D eigenvalue weighted by molar-refractivity contribution is 0.0529. The van der Waals surface area contributed by atoms with Crippen molar-refractivity contribution in [1.82, 2.24) is 0 Å². The van der Waals surface area contributed by atoms with Crippen molar-refractivity contribution in [2.75, 3.05) is 18.5 Å². The fourth-order valence-electron chi connectivity index (χ4n) is 3.06. The Bertz CT molecular complexity index is 1060. The van der Waals surface area contributed by atoms with Crippen LogP contribution >= 0.6 is 22.9 Å². The first-order valence-corrected chi connectivity index (χ1v) is 10.7. The Hall–Kier alpha value is -2.83. The number of hydrogen-bond acceptors (Lipinski definition) is 5. The summed E-state index contributed by atoms with van der Waals surface area (Å²) in [5.74, 6) is -0.198. The number of halogens is 1. The molecule has 156 valence electrons. The van der Waals surface area contributed by atoms with Gasteiger partial charge in [0.05, 0.1) is 13.2 Å². The second-order valence-electron chi connectivity index (χ2n) is 6.38. The molecule has 0 unspecified atom stereocenters. The van der Waals surface area contributed by atoms with Gasteiger partial charge in [0.15, 0.2) is 0 Å². The molecule has 0 bridgehead atoms. The molecule has 0 radical (unpaired) electrons. The average Bonchev–Trinajstić information content (AvgIpc) is 3.05. The van der Waals surface area contributed by atoms with Crippen LogP contribution in [-0.2, 0) is 4.74 Å². The standard InChI is InChI=1S/C23H22ClNO4S/c1-4-28-18-8-6-7-16(13-18)21(26)25-22-20(23(27)29-5-2)19(14(3)30-22)15-9-11-17(24)12-10-15/h6-13H,4-5H2,1-3H3,(H,25,26). The molecule has 0 saturated carbocycles. The SMILES string of the molecule is CCOC(=O)c1c(NC(=O)c2cccc(OCC)c2)sc(C)c1-c1ccc(Cl)cc1. The molecule has 0 spiro atoms. The van der Waals surface area contributed by atoms with Crippen molar-refractivity contribution in [3.05, 3.63) is 69.6 Å². The van der Waals surface area contributed by atoms with Gasteiger partial charge in [-0.1, -0.05) is 29.8 Å². The van der Waals surface area contributed by atoms with E-state index < -0.39 is 5.97 Å². The number of hydrogen-bond donors (Lipinski definition) is 1. The van der Waals surface area contributed by atoms with Gasteiger partial charge in [0.1, 0.15) is 16.3 Å². The predicted molar refractivity (Wildman–Crippen MR) is 121 cm³/mol. The molecule has 2 aromatic carbocycles. The van der Waals surface area contributed by atoms with E-state index in [1.54, 1.807) is 43.3 Å². The topological polar surface area (TPSA) is 64.6 Å². The molecule has 7 heteroatoms. The molecule has 1 N–H and O–H groups in total. The predicted octanol–water partition coefficient (Wildman–Crippen LogP) is 6.20. The lowest BCUT2D eigenvalue weighted by Crippen LogP contribution is -2.15. The number of esters is 1. The molecule has 0 fully saturated rings. The Balaban J connectivity index is 2.01. The number of aryl methyl sites for hydroxylation is 1. The molecule has 0 aliphatic rings. The van der Waals surface area contributed by atoms with Crippen LogP contribution in [0.15, 0.2) is 48.5 Å². The molecule has 5 nitrogen and oxygen atoms in total. The Morgan fingerprint density at radius 1 is 1.07 bits per heavy atom. The summed E-state index contributed by atoms with van der Waals surface area (Å²) in [6.45, 7) is 6.27. The van der Waals surface area contributed by atoms with Gasteiger partial charge < -0.3 is 14.8 Å². The lowest BCUT2D eigenvalue weighted by atomic mass is 10.0. The van der Waals surface area contributed by atoms with Gasteiger partial charge in [-0.25, -0.2) is 4.79 Å². The highest BCUT2D eigenvalue weighted by molar-refractivity contribution is 7.17. The Kier molecular flexibility index (Phi) is 7.13. The minimum absolute atomic E-state index is 0.234. The van der Waals surface area contributed by atoms with Crippen LogP contribution < -0.4 is 10.1 Å². The molecule has 1 amide bonds. The van der Waals surface area contributed by atoms with E-state index in [-0.39, 0.29) is 12.5 Å². The van der Waals surface area contributed by atoms with E-state index in [2.05, 4.69) is 5.32 Å². The second-order valence-corrected chi connectivity index (χ2v) is 8.04. The Morgan fingerprint density at radius 2 is 1.80 bits per heavy atom. The number of nitrogens with one attached hydrogen (secondary N) is 1. The van der Waals surface area contributed by atoms with Gasteiger partial charge in [-0.05, 0) is 56.7 Å². The Labute approximate surface area is 184 Å². The molecule has 0 aliphatic carbocycles. The number of ether oxygens (including phenoxy) is 2. The average molecular weight is 444 g/mol. The summed E-state index contributed by atoms with van der Waals surface area (Å²) in [5, 5.41) is 3.93. The number of carbonyl (C=O) groups is 2. The number of rotatable bonds is 7. The molecule has 1 aromatic heterocycles. The van der Waals surface area contributed by atoms with Crippen LogP contribution in [0.5, 0.6) is 5.75 Å². The summed E-state index contributed by atoms with van der Waals surface area (Å²) in [4.78, 5) is 26.5. The molecule has 1 heterocycles. The zero-order valence-electron chi connectivity index (χ0n) is 17.0. The van der Waals surface area contributed by atoms with Gasteiger partial charge >= 0.3 is 5.97 Å². The maximum Gasteiger partial charge on any atom is 0.341 e. The zero-order chi connectivity index (χ0) is 21.7. The third kappa shape index (κ3) is 4.83. The van der Waals surface area contributed by atoms with Crippen LogP contribution in [0, 0.1) is 6.92 Å². The lowest BCUT2D eigenvalue weighted by Gasteiger charge is -2.10. The molecular weight excluding hydrogens is 422 g/mol. The highest BCUT2D eigenvalue weighted by Gasteiger charge is 2.25. The minimum Gasteiger partial charge on any atom is -0.494 e. The number of amides is 1. The van der Waals surface area contributed by atoms with E-state index in [4.69, 9.17) is 21.1 Å². The van der Waals surface area contributed by atoms with Crippen LogP contribution in [0.1, 0.15) is 39.4 Å². The largest absolute Gasteiger partial charge is 0.494 e. The van der Waals surface area contributed by atoms with E-state index in [1.165, 1.54) is 11.3 Å². The van der Waals surface area contributed by atoms with Crippen molar-refractivity contribution < 1.29 is 19.1 Å². The molecule has 30 heavy (non-hydrogen) atoms. The van der Waals surface area contributed by atoms with Crippen molar-refractivity contribution in [3.8, 4) is 16.9 Å². The van der Waals surface area contributed by atoms with E-state index in [0.717, 1.165) is 16.0 Å². The van der Waals surface area contributed by atoms with Crippen molar-refractivity contribution in [3.63, 3.8) is 0 Å². The summed E-state index contributed by atoms with van der Waals surface area (Å²) < 4.78 is 10.7. The van der Waals surface area contributed by atoms with E-state index in [1.807, 2.05) is 26.0 Å². The minimum atomic E-state index is -0.481. The summed E-state index contributed by atoms with van der Waals surface area (Å²) in [6, 6.07) is 14.1. The van der Waals surface area contributed by atoms with Crippen LogP contribution in [0.2, 0.25) is 5.02 Å². The number of carbonyl (C=O) groups excluding carboxylic acids is 2. The van der Waals surface area contributed by atoms with Gasteiger partial charge in [-0.3, -0.25) is 4.79 Å². The molecule has 3 aromatic rings. The van der Waals surface area contributed by atoms with Crippen molar-refractivity contribution in [1.29, 1.82) is 0 Å². The van der Waals surface area contributed by atoms with E-state index in [0.29, 0.717) is 33.5 Å². The molecule has 0 saturated heterocycles. The molecule has 0 atom stereocenters. The summed E-state index contributed by atoms with van der Waals surface area (Å²) in [5.41, 5.74) is 2.34. The van der Waals surface area contributed by atoms with Gasteiger partial charge in [0.25, 0.3) is 5.91 Å². The van der Waals surface area contributed by atoms with E-state index in [9.17, 15) is 9.59 Å². The van der Waals surface area contributed by atoms with Crippen molar-refractivity contribution in [2.24, 2.45) is 0 Å². The quantitative estimate of drug-likeness (QED) is 0.441. The van der Waals surface area contributed by atoms with Crippen LogP contribution in [0.25, 0.3) is 11.1 Å². The first-order valence-electron chi connectivity index (χ1n) is 9.55. The number of thiophene rings is 1. The maximum absolute atomic E-state index is 12.9. The second kappa shape index (κ2) is 9.78. The van der Waals surface area contributed by atoms with Crippen LogP contribution in [0.3, 0.4) is 0 Å². The fraction of sp³-hybridized carbons (Fsp3) is 0.217. The first kappa shape index (κ1) is 21.9. The van der Waals surface area contributed by atoms with E-state index >= 15 is 0 Å². The molecular formula is C23H22ClNO4S. The third-order valence-electron chi connectivity index (χ3n) is 4.33. The van der Waals surface area contributed by atoms with Gasteiger partial charge in [0, 0.05) is 21.0 Å². The summed E-state index contributed by atoms with van der Waals surface area (Å²) in [7, 11) is 0. The highest BCUT2D eigenvalue weighted by atomic mass is 35.5. The summed E-state index contributed by atoms with van der Waals surface area (Å²) in [6.07, 6.45) is 0. The van der Waals surface area contributed by atoms with Gasteiger partial charge in [0.2, 0.25) is 0 Å².